The summed E-state index contributed by atoms with van der Waals surface area (Å²) in [7, 11) is 0. The van der Waals surface area contributed by atoms with E-state index < -0.39 is 0 Å². The van der Waals surface area contributed by atoms with Crippen molar-refractivity contribution in [3.63, 3.8) is 0 Å². The van der Waals surface area contributed by atoms with Gasteiger partial charge in [-0.3, -0.25) is 0 Å². The number of hydrogen-bond acceptors (Lipinski definition) is 2. The average molecular weight is 175 g/mol. The van der Waals surface area contributed by atoms with E-state index in [1.165, 1.54) is 43.6 Å². The summed E-state index contributed by atoms with van der Waals surface area (Å²) in [5, 5.41) is 0. The first kappa shape index (κ1) is 11.3. The van der Waals surface area contributed by atoms with Crippen molar-refractivity contribution in [2.24, 2.45) is 5.73 Å². The summed E-state index contributed by atoms with van der Waals surface area (Å²) >= 11 is 2.05. The van der Waals surface area contributed by atoms with Crippen LogP contribution in [0, 0.1) is 0 Å². The molecule has 0 aliphatic rings. The molecule has 0 spiro atoms. The normalized spacial score (nSPS) is 10.4. The first-order valence-corrected chi connectivity index (χ1v) is 5.85. The van der Waals surface area contributed by atoms with E-state index in [9.17, 15) is 0 Å². The highest BCUT2D eigenvalue weighted by molar-refractivity contribution is 7.99. The molecule has 0 aliphatic carbocycles. The second-order valence-corrected chi connectivity index (χ2v) is 4.15. The van der Waals surface area contributed by atoms with Crippen molar-refractivity contribution in [1.82, 2.24) is 0 Å². The van der Waals surface area contributed by atoms with E-state index in [0.717, 1.165) is 6.54 Å². The summed E-state index contributed by atoms with van der Waals surface area (Å²) in [5.41, 5.74) is 5.39. The highest BCUT2D eigenvalue weighted by Gasteiger charge is 1.89. The van der Waals surface area contributed by atoms with Crippen LogP contribution in [0.4, 0.5) is 0 Å². The van der Waals surface area contributed by atoms with Gasteiger partial charge in [-0.1, -0.05) is 26.2 Å². The summed E-state index contributed by atoms with van der Waals surface area (Å²) in [6, 6.07) is 0. The van der Waals surface area contributed by atoms with Crippen molar-refractivity contribution in [1.29, 1.82) is 0 Å². The topological polar surface area (TPSA) is 26.0 Å². The molecular weight excluding hydrogens is 154 g/mol. The monoisotopic (exact) mass is 175 g/mol. The van der Waals surface area contributed by atoms with Gasteiger partial charge in [0.05, 0.1) is 0 Å². The molecule has 0 amide bonds. The predicted molar refractivity (Wildman–Crippen MR) is 55.1 cm³/mol. The summed E-state index contributed by atoms with van der Waals surface area (Å²) in [6.07, 6.45) is 6.70. The third kappa shape index (κ3) is 10.3. The molecule has 0 aromatic carbocycles. The van der Waals surface area contributed by atoms with Gasteiger partial charge in [0.25, 0.3) is 0 Å². The Hall–Kier alpha value is 0.310. The minimum atomic E-state index is 0.865. The van der Waals surface area contributed by atoms with Crippen LogP contribution in [-0.2, 0) is 0 Å². The Labute approximate surface area is 75.1 Å². The van der Waals surface area contributed by atoms with Crippen LogP contribution >= 0.6 is 11.8 Å². The largest absolute Gasteiger partial charge is 0.330 e. The number of unbranched alkanes of at least 4 members (excludes halogenated alkanes) is 4. The van der Waals surface area contributed by atoms with Gasteiger partial charge in [0.2, 0.25) is 0 Å². The Kier molecular flexibility index (Phi) is 10.6. The lowest BCUT2D eigenvalue weighted by molar-refractivity contribution is 0.640. The van der Waals surface area contributed by atoms with E-state index in [0.29, 0.717) is 0 Å². The van der Waals surface area contributed by atoms with Crippen molar-refractivity contribution < 1.29 is 0 Å². The number of nitrogens with two attached hydrogens (primary N) is 1. The number of rotatable bonds is 8. The summed E-state index contributed by atoms with van der Waals surface area (Å²) in [6.45, 7) is 3.09. The molecule has 0 unspecified atom stereocenters. The third-order valence-corrected chi connectivity index (χ3v) is 2.68. The molecule has 0 bridgehead atoms. The van der Waals surface area contributed by atoms with Gasteiger partial charge in [0.15, 0.2) is 0 Å². The Morgan fingerprint density at radius 1 is 1.00 bits per heavy atom. The molecule has 2 heteroatoms. The SMILES string of the molecule is CCSCCCCCCCN. The zero-order valence-electron chi connectivity index (χ0n) is 7.64. The zero-order valence-corrected chi connectivity index (χ0v) is 8.46. The lowest BCUT2D eigenvalue weighted by Gasteiger charge is -1.99. The highest BCUT2D eigenvalue weighted by Crippen LogP contribution is 2.07. The van der Waals surface area contributed by atoms with E-state index in [-0.39, 0.29) is 0 Å². The van der Waals surface area contributed by atoms with E-state index >= 15 is 0 Å². The summed E-state index contributed by atoms with van der Waals surface area (Å²) in [4.78, 5) is 0. The fourth-order valence-electron chi connectivity index (χ4n) is 1.02. The Morgan fingerprint density at radius 2 is 1.64 bits per heavy atom. The van der Waals surface area contributed by atoms with Gasteiger partial charge in [-0.25, -0.2) is 0 Å². The van der Waals surface area contributed by atoms with Gasteiger partial charge in [0.1, 0.15) is 0 Å². The number of hydrogen-bond donors (Lipinski definition) is 1. The van der Waals surface area contributed by atoms with Crippen LogP contribution in [0.5, 0.6) is 0 Å². The van der Waals surface area contributed by atoms with Gasteiger partial charge in [-0.05, 0) is 30.9 Å². The first-order valence-electron chi connectivity index (χ1n) is 4.69. The van der Waals surface area contributed by atoms with Crippen molar-refractivity contribution in [3.05, 3.63) is 0 Å². The van der Waals surface area contributed by atoms with Crippen LogP contribution in [0.3, 0.4) is 0 Å². The Morgan fingerprint density at radius 3 is 2.27 bits per heavy atom. The van der Waals surface area contributed by atoms with Crippen LogP contribution in [0.2, 0.25) is 0 Å². The molecule has 0 aromatic rings. The fraction of sp³-hybridized carbons (Fsp3) is 1.00. The van der Waals surface area contributed by atoms with Gasteiger partial charge in [-0.15, -0.1) is 0 Å². The maximum absolute atomic E-state index is 5.39. The van der Waals surface area contributed by atoms with Gasteiger partial charge in [0, 0.05) is 0 Å². The molecule has 0 radical (unpaired) electrons. The van der Waals surface area contributed by atoms with E-state index in [1.807, 2.05) is 11.8 Å². The molecule has 0 aromatic heterocycles. The number of thioether (sulfide) groups is 1. The van der Waals surface area contributed by atoms with Crippen LogP contribution < -0.4 is 5.73 Å². The zero-order chi connectivity index (χ0) is 8.36. The molecule has 1 nitrogen and oxygen atoms in total. The molecule has 0 saturated heterocycles. The Balaban J connectivity index is 2.69. The quantitative estimate of drug-likeness (QED) is 0.574. The molecule has 2 N–H and O–H groups in total. The van der Waals surface area contributed by atoms with Crippen LogP contribution in [-0.4, -0.2) is 18.1 Å². The third-order valence-electron chi connectivity index (χ3n) is 1.70. The van der Waals surface area contributed by atoms with E-state index in [1.54, 1.807) is 0 Å². The fourth-order valence-corrected chi connectivity index (χ4v) is 1.72. The van der Waals surface area contributed by atoms with Crippen molar-refractivity contribution >= 4 is 11.8 Å². The van der Waals surface area contributed by atoms with E-state index in [4.69, 9.17) is 5.73 Å². The first-order chi connectivity index (χ1) is 5.41. The van der Waals surface area contributed by atoms with Crippen LogP contribution in [0.25, 0.3) is 0 Å². The standard InChI is InChI=1S/C9H21NS/c1-2-11-9-7-5-3-4-6-8-10/h2-10H2,1H3. The summed E-state index contributed by atoms with van der Waals surface area (Å²) < 4.78 is 0. The molecule has 0 heterocycles. The minimum Gasteiger partial charge on any atom is -0.330 e. The maximum Gasteiger partial charge on any atom is -0.00676 e. The molecule has 0 saturated carbocycles. The van der Waals surface area contributed by atoms with Crippen molar-refractivity contribution in [2.45, 2.75) is 39.0 Å². The molecule has 0 aliphatic heterocycles. The van der Waals surface area contributed by atoms with E-state index in [2.05, 4.69) is 6.92 Å². The molecule has 0 atom stereocenters. The molecule has 68 valence electrons. The predicted octanol–water partition coefficient (Wildman–Crippen LogP) is 2.65. The second kappa shape index (κ2) is 10.3. The van der Waals surface area contributed by atoms with Crippen molar-refractivity contribution in [3.8, 4) is 0 Å². The molecule has 0 rings (SSSR count). The lowest BCUT2D eigenvalue weighted by Crippen LogP contribution is -1.97. The second-order valence-electron chi connectivity index (χ2n) is 2.75. The Bertz CT molecular complexity index is 58.6. The maximum atomic E-state index is 5.39. The molecule has 11 heavy (non-hydrogen) atoms. The summed E-state index contributed by atoms with van der Waals surface area (Å²) in [5.74, 6) is 2.61. The molecular formula is C9H21NS. The van der Waals surface area contributed by atoms with Gasteiger partial charge >= 0.3 is 0 Å². The van der Waals surface area contributed by atoms with Gasteiger partial charge < -0.3 is 5.73 Å². The average Bonchev–Trinajstić information content (AvgIpc) is 2.03. The highest BCUT2D eigenvalue weighted by atomic mass is 32.2. The smallest absolute Gasteiger partial charge is 0.00676 e. The van der Waals surface area contributed by atoms with Crippen LogP contribution in [0.15, 0.2) is 0 Å². The van der Waals surface area contributed by atoms with Crippen molar-refractivity contribution in [2.75, 3.05) is 18.1 Å². The van der Waals surface area contributed by atoms with Crippen LogP contribution in [0.1, 0.15) is 39.0 Å². The van der Waals surface area contributed by atoms with Gasteiger partial charge in [-0.2, -0.15) is 11.8 Å². The lowest BCUT2D eigenvalue weighted by atomic mass is 10.2. The minimum absolute atomic E-state index is 0.865. The molecule has 0 fully saturated rings.